The van der Waals surface area contributed by atoms with Gasteiger partial charge in [0.2, 0.25) is 5.92 Å². The molecule has 9 nitrogen and oxygen atoms in total. The lowest BCUT2D eigenvalue weighted by molar-refractivity contribution is -0.153. The number of likely N-dealkylation sites (tertiary alicyclic amines) is 1. The van der Waals surface area contributed by atoms with E-state index < -0.39 is 29.8 Å². The van der Waals surface area contributed by atoms with Gasteiger partial charge < -0.3 is 21.1 Å². The van der Waals surface area contributed by atoms with Crippen molar-refractivity contribution in [3.05, 3.63) is 66.3 Å². The van der Waals surface area contributed by atoms with Crippen LogP contribution in [-0.2, 0) is 10.3 Å². The van der Waals surface area contributed by atoms with Crippen LogP contribution in [0.5, 0.6) is 5.75 Å². The van der Waals surface area contributed by atoms with E-state index in [9.17, 15) is 26.7 Å². The number of piperidine rings is 1. The molecule has 2 aromatic heterocycles. The summed E-state index contributed by atoms with van der Waals surface area (Å²) in [5.41, 5.74) is 15.7. The second-order valence-electron chi connectivity index (χ2n) is 17.1. The number of hydrogen-bond acceptors (Lipinski definition) is 8. The van der Waals surface area contributed by atoms with E-state index in [0.717, 1.165) is 5.56 Å². The van der Waals surface area contributed by atoms with Gasteiger partial charge in [-0.2, -0.15) is 18.3 Å². The Morgan fingerprint density at radius 2 is 1.73 bits per heavy atom. The lowest BCUT2D eigenvalue weighted by Gasteiger charge is -2.57. The molecular formula is C42H48F5N7O2. The highest BCUT2D eigenvalue weighted by molar-refractivity contribution is 6.05. The molecule has 2 aromatic carbocycles. The summed E-state index contributed by atoms with van der Waals surface area (Å²) in [6.07, 6.45) is 4.46. The Labute approximate surface area is 322 Å². The summed E-state index contributed by atoms with van der Waals surface area (Å²) in [5.74, 6) is -2.51. The monoisotopic (exact) mass is 777 g/mol. The normalized spacial score (nSPS) is 27.3. The summed E-state index contributed by atoms with van der Waals surface area (Å²) in [4.78, 5) is 25.1. The van der Waals surface area contributed by atoms with E-state index in [1.165, 1.54) is 6.08 Å². The minimum Gasteiger partial charge on any atom is -0.481 e. The molecule has 3 aliphatic carbocycles. The second kappa shape index (κ2) is 13.7. The number of ether oxygens (including phenoxy) is 1. The molecule has 0 amide bonds. The molecule has 5 N–H and O–H groups in total. The highest BCUT2D eigenvalue weighted by Gasteiger charge is 2.58. The van der Waals surface area contributed by atoms with Gasteiger partial charge in [0.25, 0.3) is 0 Å². The molecule has 3 saturated carbocycles. The Hall–Kier alpha value is -4.27. The molecule has 14 heteroatoms. The van der Waals surface area contributed by atoms with E-state index in [-0.39, 0.29) is 47.1 Å². The van der Waals surface area contributed by atoms with Gasteiger partial charge in [-0.15, -0.1) is 0 Å². The van der Waals surface area contributed by atoms with Crippen LogP contribution in [0, 0.1) is 18.3 Å². The molecule has 4 fully saturated rings. The molecular weight excluding hydrogens is 729 g/mol. The third-order valence-corrected chi connectivity index (χ3v) is 13.1. The molecule has 0 atom stereocenters. The van der Waals surface area contributed by atoms with Crippen LogP contribution in [0.4, 0.5) is 22.0 Å². The number of carbonyl (C=O) groups is 1. The predicted octanol–water partition coefficient (Wildman–Crippen LogP) is 8.25. The molecule has 0 bridgehead atoms. The van der Waals surface area contributed by atoms with E-state index in [0.29, 0.717) is 115 Å². The smallest absolute Gasteiger partial charge is 0.422 e. The number of H-pyrrole nitrogens is 1. The number of nitrogens with one attached hydrogen (secondary N) is 1. The molecule has 1 aliphatic heterocycles. The fraction of sp³-hybridized carbons (Fsp3) is 0.524. The number of ketones is 1. The molecule has 56 heavy (non-hydrogen) atoms. The van der Waals surface area contributed by atoms with Gasteiger partial charge in [-0.05, 0) is 118 Å². The SMILES string of the molecule is C=CC(=O)C1(N)CC2(CCC(N)(c3nc(C4CCN(CC5CC(F)(F)C5)CC4)nc4c(OCC(F)(F)F)c(-c5c(C)ccc6[nH]ncc56)c(C=C)cc34)CC2)C1. The number of alkyl halides is 5. The zero-order chi connectivity index (χ0) is 39.8. The highest BCUT2D eigenvalue weighted by Crippen LogP contribution is 2.59. The van der Waals surface area contributed by atoms with Crippen molar-refractivity contribution in [3.8, 4) is 16.9 Å². The van der Waals surface area contributed by atoms with Crippen LogP contribution in [0.25, 0.3) is 39.0 Å². The molecule has 0 radical (unpaired) electrons. The van der Waals surface area contributed by atoms with Crippen molar-refractivity contribution in [2.24, 2.45) is 22.8 Å². The maximum absolute atomic E-state index is 14.1. The summed E-state index contributed by atoms with van der Waals surface area (Å²) < 4.78 is 75.3. The summed E-state index contributed by atoms with van der Waals surface area (Å²) in [6, 6.07) is 5.61. The number of fused-ring (bicyclic) bond motifs is 2. The van der Waals surface area contributed by atoms with E-state index >= 15 is 0 Å². The van der Waals surface area contributed by atoms with E-state index in [1.54, 1.807) is 12.3 Å². The van der Waals surface area contributed by atoms with Crippen LogP contribution < -0.4 is 16.2 Å². The van der Waals surface area contributed by atoms with Crippen molar-refractivity contribution in [2.45, 2.75) is 100 Å². The number of aromatic amines is 1. The van der Waals surface area contributed by atoms with Crippen molar-refractivity contribution in [1.29, 1.82) is 0 Å². The minimum atomic E-state index is -4.65. The first-order chi connectivity index (χ1) is 26.4. The zero-order valence-corrected chi connectivity index (χ0v) is 31.6. The van der Waals surface area contributed by atoms with Gasteiger partial charge in [0, 0.05) is 41.6 Å². The average molecular weight is 778 g/mol. The predicted molar refractivity (Wildman–Crippen MR) is 205 cm³/mol. The topological polar surface area (TPSA) is 136 Å². The van der Waals surface area contributed by atoms with Gasteiger partial charge in [-0.1, -0.05) is 25.3 Å². The molecule has 1 spiro atoms. The van der Waals surface area contributed by atoms with Crippen molar-refractivity contribution >= 4 is 33.7 Å². The van der Waals surface area contributed by atoms with E-state index in [4.69, 9.17) is 26.2 Å². The van der Waals surface area contributed by atoms with Crippen LogP contribution in [0.2, 0.25) is 0 Å². The third-order valence-electron chi connectivity index (χ3n) is 13.1. The lowest BCUT2D eigenvalue weighted by Crippen LogP contribution is -2.64. The molecule has 3 heterocycles. The maximum Gasteiger partial charge on any atom is 0.422 e. The van der Waals surface area contributed by atoms with Gasteiger partial charge >= 0.3 is 6.18 Å². The van der Waals surface area contributed by atoms with Crippen LogP contribution >= 0.6 is 0 Å². The number of rotatable bonds is 10. The summed E-state index contributed by atoms with van der Waals surface area (Å²) in [6.45, 7) is 9.94. The van der Waals surface area contributed by atoms with Crippen molar-refractivity contribution in [3.63, 3.8) is 0 Å². The van der Waals surface area contributed by atoms with Gasteiger partial charge in [0.15, 0.2) is 18.1 Å². The zero-order valence-electron chi connectivity index (χ0n) is 31.6. The van der Waals surface area contributed by atoms with Crippen molar-refractivity contribution < 1.29 is 31.5 Å². The van der Waals surface area contributed by atoms with Gasteiger partial charge in [0.05, 0.1) is 28.5 Å². The maximum atomic E-state index is 14.1. The lowest BCUT2D eigenvalue weighted by atomic mass is 9.49. The molecule has 4 aliphatic rings. The minimum absolute atomic E-state index is 0.0366. The summed E-state index contributed by atoms with van der Waals surface area (Å²) in [5, 5.41) is 8.38. The van der Waals surface area contributed by atoms with Gasteiger partial charge in [-0.3, -0.25) is 9.89 Å². The van der Waals surface area contributed by atoms with Crippen LogP contribution in [0.15, 0.2) is 43.6 Å². The van der Waals surface area contributed by atoms with Crippen LogP contribution in [-0.4, -0.2) is 74.7 Å². The number of aromatic nitrogens is 4. The number of carbonyl (C=O) groups excluding carboxylic acids is 1. The first-order valence-corrected chi connectivity index (χ1v) is 19.4. The van der Waals surface area contributed by atoms with Crippen molar-refractivity contribution in [2.75, 3.05) is 26.2 Å². The summed E-state index contributed by atoms with van der Waals surface area (Å²) in [7, 11) is 0. The Kier molecular flexibility index (Phi) is 9.44. The third kappa shape index (κ3) is 6.91. The first kappa shape index (κ1) is 38.6. The molecule has 1 saturated heterocycles. The number of nitrogens with two attached hydrogens (primary N) is 2. The Balaban J connectivity index is 1.25. The standard InChI is InChI=1S/C42H48F5N7O2/c1-4-26-16-28-34(35(56-23-42(45,46)47)33(26)32-24(3)6-7-30-29(32)19-50-53-30)51-37(27-8-14-54(15-9-27)20-25-17-41(43,44)18-25)52-36(28)39(48)12-10-38(11-13-39)21-40(49,22-38)31(55)5-2/h4-7,16,19,25,27H,1-2,8-15,17-18,20-23,48-49H2,3H3,(H,50,53). The first-order valence-electron chi connectivity index (χ1n) is 19.4. The van der Waals surface area contributed by atoms with Crippen LogP contribution in [0.1, 0.15) is 92.8 Å². The van der Waals surface area contributed by atoms with E-state index in [2.05, 4.69) is 28.3 Å². The highest BCUT2D eigenvalue weighted by atomic mass is 19.4. The number of hydrogen-bond donors (Lipinski definition) is 3. The quantitative estimate of drug-likeness (QED) is 0.108. The largest absolute Gasteiger partial charge is 0.481 e. The molecule has 298 valence electrons. The Bertz CT molecular complexity index is 2200. The Morgan fingerprint density at radius 1 is 1.04 bits per heavy atom. The fourth-order valence-corrected chi connectivity index (χ4v) is 10.1. The Morgan fingerprint density at radius 3 is 2.36 bits per heavy atom. The van der Waals surface area contributed by atoms with Crippen molar-refractivity contribution in [1.82, 2.24) is 25.1 Å². The van der Waals surface area contributed by atoms with Gasteiger partial charge in [-0.25, -0.2) is 18.7 Å². The second-order valence-corrected chi connectivity index (χ2v) is 17.1. The van der Waals surface area contributed by atoms with E-state index in [1.807, 2.05) is 25.1 Å². The number of benzene rings is 2. The number of halogens is 5. The average Bonchev–Trinajstić information content (AvgIpc) is 3.61. The molecule has 4 aromatic rings. The molecule has 8 rings (SSSR count). The summed E-state index contributed by atoms with van der Waals surface area (Å²) >= 11 is 0. The molecule has 0 unspecified atom stereocenters. The number of aryl methyl sites for hydroxylation is 1. The fourth-order valence-electron chi connectivity index (χ4n) is 10.1. The van der Waals surface area contributed by atoms with Gasteiger partial charge in [0.1, 0.15) is 11.3 Å². The van der Waals surface area contributed by atoms with Crippen LogP contribution in [0.3, 0.4) is 0 Å². The number of nitrogens with zero attached hydrogens (tertiary/aromatic N) is 4.